The summed E-state index contributed by atoms with van der Waals surface area (Å²) in [7, 11) is 0. The van der Waals surface area contributed by atoms with Gasteiger partial charge in [-0.25, -0.2) is 4.79 Å². The number of carbonyl (C=O) groups excluding carboxylic acids is 1. The number of nitrogens with two attached hydrogens (primary N) is 1. The van der Waals surface area contributed by atoms with E-state index in [-0.39, 0.29) is 12.6 Å². The topological polar surface area (TPSA) is 64.3 Å². The zero-order valence-corrected chi connectivity index (χ0v) is 10.9. The number of amides is 1. The predicted octanol–water partition coefficient (Wildman–Crippen LogP) is 2.59. The van der Waals surface area contributed by atoms with E-state index in [9.17, 15) is 4.79 Å². The standard InChI is InChI=1S/C15H18N2O2/c1-11(17-8-9-19-15(16)18)13-7-6-12-4-2-3-5-14(12)10-13/h2-7,10-11,17H,8-9H2,1H3,(H2,16,18). The molecule has 0 fully saturated rings. The Balaban J connectivity index is 1.97. The van der Waals surface area contributed by atoms with Gasteiger partial charge in [-0.3, -0.25) is 0 Å². The molecular weight excluding hydrogens is 240 g/mol. The lowest BCUT2D eigenvalue weighted by atomic mass is 10.0. The van der Waals surface area contributed by atoms with Crippen LogP contribution in [0, 0.1) is 0 Å². The lowest BCUT2D eigenvalue weighted by molar-refractivity contribution is 0.156. The van der Waals surface area contributed by atoms with E-state index >= 15 is 0 Å². The van der Waals surface area contributed by atoms with Crippen molar-refractivity contribution >= 4 is 16.9 Å². The van der Waals surface area contributed by atoms with E-state index in [0.29, 0.717) is 6.54 Å². The van der Waals surface area contributed by atoms with Crippen molar-refractivity contribution < 1.29 is 9.53 Å². The van der Waals surface area contributed by atoms with Crippen LogP contribution in [0.25, 0.3) is 10.8 Å². The van der Waals surface area contributed by atoms with Crippen LogP contribution < -0.4 is 11.1 Å². The van der Waals surface area contributed by atoms with Gasteiger partial charge in [-0.05, 0) is 29.3 Å². The van der Waals surface area contributed by atoms with Crippen molar-refractivity contribution in [2.24, 2.45) is 5.73 Å². The average Bonchev–Trinajstić information content (AvgIpc) is 2.42. The van der Waals surface area contributed by atoms with Crippen molar-refractivity contribution in [3.8, 4) is 0 Å². The molecule has 0 radical (unpaired) electrons. The summed E-state index contributed by atoms with van der Waals surface area (Å²) in [5.74, 6) is 0. The zero-order chi connectivity index (χ0) is 13.7. The van der Waals surface area contributed by atoms with Crippen LogP contribution in [0.15, 0.2) is 42.5 Å². The van der Waals surface area contributed by atoms with Gasteiger partial charge >= 0.3 is 6.09 Å². The summed E-state index contributed by atoms with van der Waals surface area (Å²) in [4.78, 5) is 10.4. The van der Waals surface area contributed by atoms with Gasteiger partial charge in [0.25, 0.3) is 0 Å². The van der Waals surface area contributed by atoms with Crippen LogP contribution >= 0.6 is 0 Å². The first kappa shape index (κ1) is 13.4. The molecule has 4 heteroatoms. The molecule has 2 aromatic carbocycles. The number of ether oxygens (including phenoxy) is 1. The highest BCUT2D eigenvalue weighted by Gasteiger charge is 2.05. The van der Waals surface area contributed by atoms with Crippen molar-refractivity contribution in [3.05, 3.63) is 48.0 Å². The molecule has 19 heavy (non-hydrogen) atoms. The zero-order valence-electron chi connectivity index (χ0n) is 10.9. The smallest absolute Gasteiger partial charge is 0.404 e. The minimum Gasteiger partial charge on any atom is -0.448 e. The second-order valence-electron chi connectivity index (χ2n) is 4.45. The maximum absolute atomic E-state index is 10.4. The molecule has 0 aliphatic carbocycles. The summed E-state index contributed by atoms with van der Waals surface area (Å²) in [6.07, 6.45) is -0.736. The minimum atomic E-state index is -0.736. The van der Waals surface area contributed by atoms with Crippen LogP contribution in [0.2, 0.25) is 0 Å². The van der Waals surface area contributed by atoms with Gasteiger partial charge in [-0.15, -0.1) is 0 Å². The van der Waals surface area contributed by atoms with Crippen molar-refractivity contribution in [3.63, 3.8) is 0 Å². The fourth-order valence-electron chi connectivity index (χ4n) is 2.02. The molecule has 3 N–H and O–H groups in total. The Labute approximate surface area is 112 Å². The first-order valence-electron chi connectivity index (χ1n) is 6.31. The van der Waals surface area contributed by atoms with Crippen LogP contribution in [0.1, 0.15) is 18.5 Å². The number of fused-ring (bicyclic) bond motifs is 1. The van der Waals surface area contributed by atoms with E-state index in [1.807, 2.05) is 12.1 Å². The maximum atomic E-state index is 10.4. The third-order valence-corrected chi connectivity index (χ3v) is 3.07. The van der Waals surface area contributed by atoms with Crippen molar-refractivity contribution in [2.45, 2.75) is 13.0 Å². The normalized spacial score (nSPS) is 12.3. The Hall–Kier alpha value is -2.07. The third-order valence-electron chi connectivity index (χ3n) is 3.07. The second-order valence-corrected chi connectivity index (χ2v) is 4.45. The van der Waals surface area contributed by atoms with E-state index in [4.69, 9.17) is 5.73 Å². The molecule has 1 amide bonds. The summed E-state index contributed by atoms with van der Waals surface area (Å²) in [6.45, 7) is 2.94. The Kier molecular flexibility index (Phi) is 4.36. The van der Waals surface area contributed by atoms with E-state index < -0.39 is 6.09 Å². The number of rotatable bonds is 5. The third kappa shape index (κ3) is 3.69. The highest BCUT2D eigenvalue weighted by Crippen LogP contribution is 2.19. The fourth-order valence-corrected chi connectivity index (χ4v) is 2.02. The molecule has 0 saturated carbocycles. The monoisotopic (exact) mass is 258 g/mol. The number of benzene rings is 2. The first-order chi connectivity index (χ1) is 9.16. The molecule has 0 heterocycles. The van der Waals surface area contributed by atoms with Crippen LogP contribution in [0.4, 0.5) is 4.79 Å². The number of hydrogen-bond donors (Lipinski definition) is 2. The Morgan fingerprint density at radius 3 is 2.74 bits per heavy atom. The maximum Gasteiger partial charge on any atom is 0.404 e. The number of hydrogen-bond acceptors (Lipinski definition) is 3. The summed E-state index contributed by atoms with van der Waals surface area (Å²) in [5, 5.41) is 5.74. The minimum absolute atomic E-state index is 0.195. The second kappa shape index (κ2) is 6.20. The highest BCUT2D eigenvalue weighted by atomic mass is 16.5. The molecule has 4 nitrogen and oxygen atoms in total. The van der Waals surface area contributed by atoms with Crippen molar-refractivity contribution in [2.75, 3.05) is 13.2 Å². The molecule has 0 aromatic heterocycles. The average molecular weight is 258 g/mol. The van der Waals surface area contributed by atoms with E-state index in [0.717, 1.165) is 0 Å². The van der Waals surface area contributed by atoms with Crippen LogP contribution in [-0.2, 0) is 4.74 Å². The Morgan fingerprint density at radius 1 is 1.26 bits per heavy atom. The van der Waals surface area contributed by atoms with E-state index in [1.165, 1.54) is 16.3 Å². The van der Waals surface area contributed by atoms with Gasteiger partial charge in [0.2, 0.25) is 0 Å². The summed E-state index contributed by atoms with van der Waals surface area (Å²) < 4.78 is 4.67. The van der Waals surface area contributed by atoms with Gasteiger partial charge in [0.05, 0.1) is 0 Å². The molecule has 0 aliphatic rings. The van der Waals surface area contributed by atoms with Gasteiger partial charge in [0, 0.05) is 12.6 Å². The first-order valence-corrected chi connectivity index (χ1v) is 6.31. The van der Waals surface area contributed by atoms with Crippen molar-refractivity contribution in [1.29, 1.82) is 0 Å². The van der Waals surface area contributed by atoms with E-state index in [1.54, 1.807) is 0 Å². The summed E-state index contributed by atoms with van der Waals surface area (Å²) in [6, 6.07) is 14.8. The molecule has 100 valence electrons. The Bertz CT molecular complexity index is 569. The molecule has 1 unspecified atom stereocenters. The quantitative estimate of drug-likeness (QED) is 0.810. The molecule has 0 spiro atoms. The molecule has 0 aliphatic heterocycles. The molecule has 2 aromatic rings. The van der Waals surface area contributed by atoms with E-state index in [2.05, 4.69) is 47.3 Å². The molecule has 0 bridgehead atoms. The number of nitrogens with one attached hydrogen (secondary N) is 1. The van der Waals surface area contributed by atoms with Crippen molar-refractivity contribution in [1.82, 2.24) is 5.32 Å². The fraction of sp³-hybridized carbons (Fsp3) is 0.267. The summed E-state index contributed by atoms with van der Waals surface area (Å²) in [5.41, 5.74) is 6.10. The van der Waals surface area contributed by atoms with Crippen LogP contribution in [0.5, 0.6) is 0 Å². The lowest BCUT2D eigenvalue weighted by Gasteiger charge is -2.14. The molecular formula is C15H18N2O2. The number of primary amides is 1. The van der Waals surface area contributed by atoms with Gasteiger partial charge in [-0.1, -0.05) is 36.4 Å². The molecule has 2 rings (SSSR count). The van der Waals surface area contributed by atoms with Gasteiger partial charge in [-0.2, -0.15) is 0 Å². The van der Waals surface area contributed by atoms with Crippen LogP contribution in [0.3, 0.4) is 0 Å². The van der Waals surface area contributed by atoms with Gasteiger partial charge in [0.1, 0.15) is 6.61 Å². The SMILES string of the molecule is CC(NCCOC(N)=O)c1ccc2ccccc2c1. The van der Waals surface area contributed by atoms with Gasteiger partial charge < -0.3 is 15.8 Å². The molecule has 1 atom stereocenters. The molecule has 0 saturated heterocycles. The van der Waals surface area contributed by atoms with Gasteiger partial charge in [0.15, 0.2) is 0 Å². The number of carbonyl (C=O) groups is 1. The predicted molar refractivity (Wildman–Crippen MR) is 75.9 cm³/mol. The summed E-state index contributed by atoms with van der Waals surface area (Å²) >= 11 is 0. The highest BCUT2D eigenvalue weighted by molar-refractivity contribution is 5.83. The van der Waals surface area contributed by atoms with Crippen LogP contribution in [-0.4, -0.2) is 19.2 Å². The largest absolute Gasteiger partial charge is 0.448 e. The Morgan fingerprint density at radius 2 is 2.00 bits per heavy atom. The lowest BCUT2D eigenvalue weighted by Crippen LogP contribution is -2.25.